The molecular weight excluding hydrogens is 242 g/mol. The zero-order chi connectivity index (χ0) is 12.8. The van der Waals surface area contributed by atoms with E-state index in [1.54, 1.807) is 12.1 Å². The highest BCUT2D eigenvalue weighted by Gasteiger charge is 2.32. The van der Waals surface area contributed by atoms with Crippen molar-refractivity contribution in [2.24, 2.45) is 0 Å². The molecule has 2 rings (SSSR count). The van der Waals surface area contributed by atoms with Crippen molar-refractivity contribution in [2.45, 2.75) is 19.4 Å². The van der Waals surface area contributed by atoms with Crippen LogP contribution >= 0.6 is 0 Å². The van der Waals surface area contributed by atoms with Crippen LogP contribution in [-0.2, 0) is 16.4 Å². The number of nitrogens with zero attached hydrogens (tertiary/aromatic N) is 1. The highest BCUT2D eigenvalue weighted by molar-refractivity contribution is 7.92. The van der Waals surface area contributed by atoms with Crippen LogP contribution in [0.15, 0.2) is 18.2 Å². The second-order valence-electron chi connectivity index (χ2n) is 4.26. The van der Waals surface area contributed by atoms with Crippen molar-refractivity contribution in [2.75, 3.05) is 10.6 Å². The first-order chi connectivity index (χ1) is 7.80. The first-order valence-electron chi connectivity index (χ1n) is 5.16. The number of hydrogen-bond donors (Lipinski definition) is 1. The van der Waals surface area contributed by atoms with Crippen LogP contribution in [0.5, 0.6) is 0 Å². The minimum absolute atomic E-state index is 0.163. The number of carboxylic acid groups (broad SMARTS) is 1. The van der Waals surface area contributed by atoms with Gasteiger partial charge in [-0.2, -0.15) is 0 Å². The molecule has 5 nitrogen and oxygen atoms in total. The Bertz CT molecular complexity index is 579. The van der Waals surface area contributed by atoms with Gasteiger partial charge >= 0.3 is 5.97 Å². The van der Waals surface area contributed by atoms with E-state index in [4.69, 9.17) is 5.11 Å². The lowest BCUT2D eigenvalue weighted by Gasteiger charge is -2.21. The van der Waals surface area contributed by atoms with Gasteiger partial charge in [-0.25, -0.2) is 13.2 Å². The maximum Gasteiger partial charge on any atom is 0.335 e. The Morgan fingerprint density at radius 2 is 2.12 bits per heavy atom. The van der Waals surface area contributed by atoms with E-state index in [1.807, 2.05) is 6.92 Å². The van der Waals surface area contributed by atoms with Gasteiger partial charge in [0.05, 0.1) is 17.5 Å². The maximum absolute atomic E-state index is 11.6. The Hall–Kier alpha value is -1.56. The molecule has 1 aromatic rings. The van der Waals surface area contributed by atoms with Crippen LogP contribution in [0.1, 0.15) is 22.8 Å². The zero-order valence-corrected chi connectivity index (χ0v) is 10.4. The quantitative estimate of drug-likeness (QED) is 0.858. The van der Waals surface area contributed by atoms with E-state index < -0.39 is 16.0 Å². The molecule has 0 aliphatic carbocycles. The molecule has 0 spiro atoms. The van der Waals surface area contributed by atoms with Gasteiger partial charge in [-0.1, -0.05) is 0 Å². The molecule has 1 aliphatic rings. The summed E-state index contributed by atoms with van der Waals surface area (Å²) >= 11 is 0. The van der Waals surface area contributed by atoms with E-state index in [0.717, 1.165) is 11.8 Å². The number of aromatic carboxylic acids is 1. The van der Waals surface area contributed by atoms with Crippen molar-refractivity contribution < 1.29 is 18.3 Å². The van der Waals surface area contributed by atoms with Crippen molar-refractivity contribution in [3.63, 3.8) is 0 Å². The van der Waals surface area contributed by atoms with Crippen molar-refractivity contribution in [3.05, 3.63) is 29.3 Å². The molecule has 1 N–H and O–H groups in total. The van der Waals surface area contributed by atoms with Crippen molar-refractivity contribution in [1.29, 1.82) is 0 Å². The standard InChI is InChI=1S/C11H13NO4S/c1-7-5-9-6-8(11(13)14)3-4-10(9)12(7)17(2,15)16/h3-4,6-7H,5H2,1-2H3,(H,13,14)/t7-/m0/s1. The number of fused-ring (bicyclic) bond motifs is 1. The number of hydrogen-bond acceptors (Lipinski definition) is 3. The summed E-state index contributed by atoms with van der Waals surface area (Å²) in [6.07, 6.45) is 1.70. The predicted molar refractivity (Wildman–Crippen MR) is 63.9 cm³/mol. The van der Waals surface area contributed by atoms with Crippen LogP contribution in [0.2, 0.25) is 0 Å². The molecule has 92 valence electrons. The van der Waals surface area contributed by atoms with Gasteiger partial charge in [0.2, 0.25) is 10.0 Å². The van der Waals surface area contributed by atoms with Gasteiger partial charge in [0.25, 0.3) is 0 Å². The lowest BCUT2D eigenvalue weighted by Crippen LogP contribution is -2.34. The number of carboxylic acids is 1. The Balaban J connectivity index is 2.53. The fourth-order valence-corrected chi connectivity index (χ4v) is 3.50. The van der Waals surface area contributed by atoms with Crippen molar-refractivity contribution in [1.82, 2.24) is 0 Å². The highest BCUT2D eigenvalue weighted by Crippen LogP contribution is 2.34. The Morgan fingerprint density at radius 1 is 1.47 bits per heavy atom. The van der Waals surface area contributed by atoms with E-state index in [0.29, 0.717) is 12.1 Å². The third-order valence-electron chi connectivity index (χ3n) is 2.84. The number of rotatable bonds is 2. The number of anilines is 1. The monoisotopic (exact) mass is 255 g/mol. The molecule has 0 unspecified atom stereocenters. The summed E-state index contributed by atoms with van der Waals surface area (Å²) in [5, 5.41) is 8.88. The zero-order valence-electron chi connectivity index (χ0n) is 9.54. The van der Waals surface area contributed by atoms with Crippen LogP contribution in [-0.4, -0.2) is 31.8 Å². The van der Waals surface area contributed by atoms with E-state index in [-0.39, 0.29) is 11.6 Å². The smallest absolute Gasteiger partial charge is 0.335 e. The van der Waals surface area contributed by atoms with Gasteiger partial charge in [-0.05, 0) is 37.1 Å². The normalized spacial score (nSPS) is 19.2. The van der Waals surface area contributed by atoms with Crippen LogP contribution in [0.25, 0.3) is 0 Å². The Kier molecular flexibility index (Phi) is 2.61. The first-order valence-corrected chi connectivity index (χ1v) is 7.01. The highest BCUT2D eigenvalue weighted by atomic mass is 32.2. The van der Waals surface area contributed by atoms with Gasteiger partial charge in [-0.15, -0.1) is 0 Å². The Morgan fingerprint density at radius 3 is 2.65 bits per heavy atom. The van der Waals surface area contributed by atoms with Crippen molar-refractivity contribution in [3.8, 4) is 0 Å². The second-order valence-corrected chi connectivity index (χ2v) is 6.12. The number of sulfonamides is 1. The molecule has 6 heteroatoms. The summed E-state index contributed by atoms with van der Waals surface area (Å²) in [5.41, 5.74) is 1.54. The fraction of sp³-hybridized carbons (Fsp3) is 0.364. The Labute approximate surface area is 99.7 Å². The molecule has 0 amide bonds. The van der Waals surface area contributed by atoms with Crippen LogP contribution < -0.4 is 4.31 Å². The van der Waals surface area contributed by atoms with E-state index in [1.165, 1.54) is 10.4 Å². The minimum atomic E-state index is -3.31. The summed E-state index contributed by atoms with van der Waals surface area (Å²) in [6, 6.07) is 4.36. The van der Waals surface area contributed by atoms with Gasteiger partial charge in [0.1, 0.15) is 0 Å². The number of benzene rings is 1. The predicted octanol–water partition coefficient (Wildman–Crippen LogP) is 1.10. The molecule has 17 heavy (non-hydrogen) atoms. The lowest BCUT2D eigenvalue weighted by molar-refractivity contribution is 0.0697. The molecule has 0 fully saturated rings. The van der Waals surface area contributed by atoms with E-state index >= 15 is 0 Å². The first kappa shape index (κ1) is 11.9. The van der Waals surface area contributed by atoms with Crippen LogP contribution in [0, 0.1) is 0 Å². The summed E-state index contributed by atoms with van der Waals surface area (Å²) in [5.74, 6) is -1.00. The third-order valence-corrected chi connectivity index (χ3v) is 4.11. The molecule has 0 bridgehead atoms. The van der Waals surface area contributed by atoms with Gasteiger partial charge < -0.3 is 5.11 Å². The average Bonchev–Trinajstić information content (AvgIpc) is 2.51. The lowest BCUT2D eigenvalue weighted by atomic mass is 10.1. The topological polar surface area (TPSA) is 74.7 Å². The summed E-state index contributed by atoms with van der Waals surface area (Å²) in [7, 11) is -3.31. The van der Waals surface area contributed by atoms with Crippen LogP contribution in [0.3, 0.4) is 0 Å². The molecule has 0 radical (unpaired) electrons. The van der Waals surface area contributed by atoms with E-state index in [2.05, 4.69) is 0 Å². The van der Waals surface area contributed by atoms with Gasteiger partial charge in [0, 0.05) is 6.04 Å². The largest absolute Gasteiger partial charge is 0.478 e. The fourth-order valence-electron chi connectivity index (χ4n) is 2.24. The molecule has 1 aliphatic heterocycles. The maximum atomic E-state index is 11.6. The molecular formula is C11H13NO4S. The molecule has 1 heterocycles. The second kappa shape index (κ2) is 3.73. The average molecular weight is 255 g/mol. The van der Waals surface area contributed by atoms with Gasteiger partial charge in [0.15, 0.2) is 0 Å². The van der Waals surface area contributed by atoms with Gasteiger partial charge in [-0.3, -0.25) is 4.31 Å². The summed E-state index contributed by atoms with van der Waals surface area (Å²) in [4.78, 5) is 10.8. The summed E-state index contributed by atoms with van der Waals surface area (Å²) in [6.45, 7) is 1.81. The van der Waals surface area contributed by atoms with E-state index in [9.17, 15) is 13.2 Å². The molecule has 0 saturated carbocycles. The minimum Gasteiger partial charge on any atom is -0.478 e. The third kappa shape index (κ3) is 2.00. The SMILES string of the molecule is C[C@H]1Cc2cc(C(=O)O)ccc2N1S(C)(=O)=O. The molecule has 1 atom stereocenters. The van der Waals surface area contributed by atoms with Crippen LogP contribution in [0.4, 0.5) is 5.69 Å². The molecule has 1 aromatic carbocycles. The molecule has 0 aromatic heterocycles. The molecule has 0 saturated heterocycles. The number of carbonyl (C=O) groups is 1. The summed E-state index contributed by atoms with van der Waals surface area (Å²) < 4.78 is 24.6. The van der Waals surface area contributed by atoms with Crippen molar-refractivity contribution >= 4 is 21.7 Å².